The molecule has 0 amide bonds. The minimum absolute atomic E-state index is 0.115. The average Bonchev–Trinajstić information content (AvgIpc) is 3.00. The van der Waals surface area contributed by atoms with Crippen molar-refractivity contribution in [1.82, 2.24) is 0 Å². The first-order chi connectivity index (χ1) is 21.4. The van der Waals surface area contributed by atoms with Crippen LogP contribution < -0.4 is 5.73 Å². The SMILES string of the molecule is CCCCC/C=C\C/C=C\CCCCCCCC(=O)CC(N)(C(=O)O)C(=O)CCCCCCC/C=C\C/C=C\CCCCC. The second kappa shape index (κ2) is 30.7. The highest BCUT2D eigenvalue weighted by atomic mass is 16.4. The van der Waals surface area contributed by atoms with E-state index in [4.69, 9.17) is 5.73 Å². The molecule has 0 bridgehead atoms. The van der Waals surface area contributed by atoms with Crippen molar-refractivity contribution in [2.75, 3.05) is 0 Å². The number of nitrogens with two attached hydrogens (primary N) is 1. The first kappa shape index (κ1) is 41.7. The van der Waals surface area contributed by atoms with E-state index < -0.39 is 23.7 Å². The van der Waals surface area contributed by atoms with Crippen molar-refractivity contribution in [1.29, 1.82) is 0 Å². The Bertz CT molecular complexity index is 841. The Hall–Kier alpha value is -2.27. The van der Waals surface area contributed by atoms with Gasteiger partial charge in [0.1, 0.15) is 5.78 Å². The van der Waals surface area contributed by atoms with Crippen LogP contribution in [0.5, 0.6) is 0 Å². The molecule has 0 fully saturated rings. The second-order valence-corrected chi connectivity index (χ2v) is 12.4. The van der Waals surface area contributed by atoms with Crippen molar-refractivity contribution in [2.45, 2.75) is 180 Å². The lowest BCUT2D eigenvalue weighted by Crippen LogP contribution is -2.56. The largest absolute Gasteiger partial charge is 0.480 e. The standard InChI is InChI=1S/C39H67NO4/c1-3-5-7-9-11-13-15-17-19-21-23-25-27-29-31-33-36(41)35-39(40,38(43)44)37(42)34-32-30-28-26-24-22-20-18-16-14-12-10-8-6-4-2/h11-14,17-20H,3-10,15-16,21-35,40H2,1-2H3,(H,43,44)/b13-11-,14-12-,19-17-,20-18-. The first-order valence-corrected chi connectivity index (χ1v) is 18.1. The van der Waals surface area contributed by atoms with Crippen LogP contribution in [0.1, 0.15) is 174 Å². The van der Waals surface area contributed by atoms with Crippen LogP contribution in [0, 0.1) is 0 Å². The van der Waals surface area contributed by atoms with Gasteiger partial charge < -0.3 is 10.8 Å². The molecule has 0 aromatic heterocycles. The Morgan fingerprint density at radius 2 is 0.886 bits per heavy atom. The summed E-state index contributed by atoms with van der Waals surface area (Å²) in [5, 5.41) is 9.66. The summed E-state index contributed by atoms with van der Waals surface area (Å²) >= 11 is 0. The minimum atomic E-state index is -2.09. The first-order valence-electron chi connectivity index (χ1n) is 18.1. The van der Waals surface area contributed by atoms with Crippen LogP contribution in [0.15, 0.2) is 48.6 Å². The van der Waals surface area contributed by atoms with Crippen LogP contribution in [0.4, 0.5) is 0 Å². The van der Waals surface area contributed by atoms with Crippen molar-refractivity contribution in [3.63, 3.8) is 0 Å². The van der Waals surface area contributed by atoms with Gasteiger partial charge in [0, 0.05) is 19.3 Å². The summed E-state index contributed by atoms with van der Waals surface area (Å²) in [6.07, 6.45) is 41.8. The number of carboxylic acid groups (broad SMARTS) is 1. The van der Waals surface area contributed by atoms with E-state index in [1.807, 2.05) is 0 Å². The summed E-state index contributed by atoms with van der Waals surface area (Å²) in [7, 11) is 0. The highest BCUT2D eigenvalue weighted by Crippen LogP contribution is 2.18. The second-order valence-electron chi connectivity index (χ2n) is 12.4. The Morgan fingerprint density at radius 3 is 1.30 bits per heavy atom. The van der Waals surface area contributed by atoms with Crippen LogP contribution in [0.3, 0.4) is 0 Å². The molecule has 5 heteroatoms. The van der Waals surface area contributed by atoms with E-state index in [1.54, 1.807) is 0 Å². The van der Waals surface area contributed by atoms with Gasteiger partial charge in [-0.3, -0.25) is 9.59 Å². The number of Topliss-reactive ketones (excluding diaryl/α,β-unsaturated/α-hetero) is 2. The van der Waals surface area contributed by atoms with Crippen LogP contribution in [0.2, 0.25) is 0 Å². The number of hydrogen-bond acceptors (Lipinski definition) is 4. The van der Waals surface area contributed by atoms with E-state index in [2.05, 4.69) is 62.5 Å². The molecule has 0 heterocycles. The molecule has 0 rings (SSSR count). The molecule has 5 nitrogen and oxygen atoms in total. The van der Waals surface area contributed by atoms with Gasteiger partial charge in [-0.15, -0.1) is 0 Å². The summed E-state index contributed by atoms with van der Waals surface area (Å²) in [5.41, 5.74) is 3.92. The molecule has 1 atom stereocenters. The highest BCUT2D eigenvalue weighted by Gasteiger charge is 2.42. The molecule has 1 unspecified atom stereocenters. The van der Waals surface area contributed by atoms with Crippen LogP contribution >= 0.6 is 0 Å². The zero-order valence-electron chi connectivity index (χ0n) is 28.5. The van der Waals surface area contributed by atoms with Crippen LogP contribution in [-0.2, 0) is 14.4 Å². The fraction of sp³-hybridized carbons (Fsp3) is 0.718. The number of carboxylic acids is 1. The third-order valence-corrected chi connectivity index (χ3v) is 8.12. The third kappa shape index (κ3) is 25.1. The molecule has 0 spiro atoms. The zero-order valence-corrected chi connectivity index (χ0v) is 28.5. The molecular weight excluding hydrogens is 546 g/mol. The van der Waals surface area contributed by atoms with Gasteiger partial charge in [-0.25, -0.2) is 4.79 Å². The fourth-order valence-corrected chi connectivity index (χ4v) is 5.15. The predicted octanol–water partition coefficient (Wildman–Crippen LogP) is 10.9. The maximum Gasteiger partial charge on any atom is 0.331 e. The number of carbonyl (C=O) groups is 3. The highest BCUT2D eigenvalue weighted by molar-refractivity contribution is 6.10. The maximum absolute atomic E-state index is 12.7. The van der Waals surface area contributed by atoms with E-state index in [1.165, 1.54) is 51.4 Å². The molecule has 252 valence electrons. The quantitative estimate of drug-likeness (QED) is 0.0447. The van der Waals surface area contributed by atoms with Crippen molar-refractivity contribution in [3.05, 3.63) is 48.6 Å². The molecule has 0 aromatic carbocycles. The van der Waals surface area contributed by atoms with Gasteiger partial charge in [0.05, 0.1) is 0 Å². The van der Waals surface area contributed by atoms with Gasteiger partial charge in [-0.1, -0.05) is 127 Å². The Balaban J connectivity index is 3.95. The van der Waals surface area contributed by atoms with Gasteiger partial charge in [0.15, 0.2) is 11.3 Å². The van der Waals surface area contributed by atoms with Crippen molar-refractivity contribution >= 4 is 17.5 Å². The summed E-state index contributed by atoms with van der Waals surface area (Å²) in [6, 6.07) is 0. The summed E-state index contributed by atoms with van der Waals surface area (Å²) in [5.74, 6) is -2.14. The van der Waals surface area contributed by atoms with Crippen molar-refractivity contribution < 1.29 is 19.5 Å². The number of ketones is 2. The number of allylic oxidation sites excluding steroid dienone is 8. The Kier molecular flexibility index (Phi) is 29.2. The van der Waals surface area contributed by atoms with E-state index in [-0.39, 0.29) is 18.6 Å². The zero-order chi connectivity index (χ0) is 32.6. The summed E-state index contributed by atoms with van der Waals surface area (Å²) < 4.78 is 0. The normalized spacial score (nSPS) is 13.5. The fourth-order valence-electron chi connectivity index (χ4n) is 5.15. The monoisotopic (exact) mass is 614 g/mol. The number of hydrogen-bond donors (Lipinski definition) is 2. The van der Waals surface area contributed by atoms with Crippen LogP contribution in [-0.4, -0.2) is 28.2 Å². The topological polar surface area (TPSA) is 97.5 Å². The van der Waals surface area contributed by atoms with Gasteiger partial charge in [0.2, 0.25) is 0 Å². The van der Waals surface area contributed by atoms with E-state index in [0.717, 1.165) is 77.0 Å². The lowest BCUT2D eigenvalue weighted by atomic mass is 9.85. The van der Waals surface area contributed by atoms with Gasteiger partial charge in [0.25, 0.3) is 0 Å². The summed E-state index contributed by atoms with van der Waals surface area (Å²) in [4.78, 5) is 37.1. The molecule has 0 saturated carbocycles. The smallest absolute Gasteiger partial charge is 0.331 e. The number of unbranched alkanes of at least 4 members (excludes halogenated alkanes) is 16. The number of rotatable bonds is 32. The summed E-state index contributed by atoms with van der Waals surface area (Å²) in [6.45, 7) is 4.45. The molecule has 0 aliphatic carbocycles. The number of carbonyl (C=O) groups excluding carboxylic acids is 2. The van der Waals surface area contributed by atoms with E-state index in [9.17, 15) is 19.5 Å². The molecule has 44 heavy (non-hydrogen) atoms. The third-order valence-electron chi connectivity index (χ3n) is 8.12. The molecule has 0 saturated heterocycles. The van der Waals surface area contributed by atoms with Crippen molar-refractivity contribution in [2.24, 2.45) is 5.73 Å². The molecular formula is C39H67NO4. The average molecular weight is 614 g/mol. The molecule has 0 aliphatic heterocycles. The van der Waals surface area contributed by atoms with E-state index >= 15 is 0 Å². The van der Waals surface area contributed by atoms with Gasteiger partial charge >= 0.3 is 5.97 Å². The number of aliphatic carboxylic acids is 1. The lowest BCUT2D eigenvalue weighted by Gasteiger charge is -2.22. The maximum atomic E-state index is 12.7. The lowest BCUT2D eigenvalue weighted by molar-refractivity contribution is -0.150. The van der Waals surface area contributed by atoms with Gasteiger partial charge in [-0.05, 0) is 77.0 Å². The van der Waals surface area contributed by atoms with E-state index in [0.29, 0.717) is 12.8 Å². The molecule has 0 aromatic rings. The van der Waals surface area contributed by atoms with Crippen molar-refractivity contribution in [3.8, 4) is 0 Å². The molecule has 0 radical (unpaired) electrons. The molecule has 0 aliphatic rings. The minimum Gasteiger partial charge on any atom is -0.480 e. The van der Waals surface area contributed by atoms with Crippen LogP contribution in [0.25, 0.3) is 0 Å². The van der Waals surface area contributed by atoms with Gasteiger partial charge in [-0.2, -0.15) is 0 Å². The molecule has 3 N–H and O–H groups in total. The Labute approximate surface area is 270 Å². The Morgan fingerprint density at radius 1 is 0.523 bits per heavy atom. The predicted molar refractivity (Wildman–Crippen MR) is 188 cm³/mol.